The molecule has 1 aliphatic rings. The SMILES string of the molecule is COc1cc(N)c(Cl)cc1C(=O)NC1CCN(c2ccccn2)CC1.Cl.Cl. The molecular weight excluding hydrogens is 411 g/mol. The maximum absolute atomic E-state index is 12.6. The van der Waals surface area contributed by atoms with Crippen LogP contribution in [-0.4, -0.2) is 37.1 Å². The third-order valence-corrected chi connectivity index (χ3v) is 4.69. The molecule has 148 valence electrons. The van der Waals surface area contributed by atoms with E-state index in [0.29, 0.717) is 22.0 Å². The Morgan fingerprint density at radius 1 is 1.30 bits per heavy atom. The van der Waals surface area contributed by atoms with Crippen LogP contribution in [0.25, 0.3) is 0 Å². The molecule has 3 N–H and O–H groups in total. The summed E-state index contributed by atoms with van der Waals surface area (Å²) in [5, 5.41) is 3.41. The number of nitrogen functional groups attached to an aromatic ring is 1. The molecule has 2 heterocycles. The molecule has 0 radical (unpaired) electrons. The number of pyridine rings is 1. The van der Waals surface area contributed by atoms with Gasteiger partial charge < -0.3 is 20.7 Å². The highest BCUT2D eigenvalue weighted by molar-refractivity contribution is 6.33. The Kier molecular flexibility index (Phi) is 8.96. The van der Waals surface area contributed by atoms with Crippen LogP contribution >= 0.6 is 36.4 Å². The van der Waals surface area contributed by atoms with Gasteiger partial charge in [-0.2, -0.15) is 0 Å². The van der Waals surface area contributed by atoms with Gasteiger partial charge in [-0.25, -0.2) is 4.98 Å². The minimum Gasteiger partial charge on any atom is -0.496 e. The number of rotatable bonds is 4. The molecule has 1 amide bonds. The van der Waals surface area contributed by atoms with Crippen molar-refractivity contribution in [3.63, 3.8) is 0 Å². The fourth-order valence-corrected chi connectivity index (χ4v) is 3.14. The Balaban J connectivity index is 0.00000182. The second kappa shape index (κ2) is 10.4. The quantitative estimate of drug-likeness (QED) is 0.721. The first kappa shape index (κ1) is 23.1. The van der Waals surface area contributed by atoms with Crippen LogP contribution in [0, 0.1) is 0 Å². The molecule has 0 atom stereocenters. The lowest BCUT2D eigenvalue weighted by molar-refractivity contribution is 0.0928. The van der Waals surface area contributed by atoms with Crippen LogP contribution < -0.4 is 20.7 Å². The number of hydrogen-bond acceptors (Lipinski definition) is 5. The van der Waals surface area contributed by atoms with E-state index in [9.17, 15) is 4.79 Å². The van der Waals surface area contributed by atoms with Gasteiger partial charge in [-0.05, 0) is 31.0 Å². The van der Waals surface area contributed by atoms with Crippen LogP contribution in [0.15, 0.2) is 36.5 Å². The predicted octanol–water partition coefficient (Wildman–Crippen LogP) is 3.57. The molecular formula is C18H23Cl3N4O2. The smallest absolute Gasteiger partial charge is 0.255 e. The number of halogens is 3. The summed E-state index contributed by atoms with van der Waals surface area (Å²) in [4.78, 5) is 19.2. The summed E-state index contributed by atoms with van der Waals surface area (Å²) >= 11 is 6.04. The third kappa shape index (κ3) is 5.54. The molecule has 1 aliphatic heterocycles. The molecule has 1 aromatic carbocycles. The van der Waals surface area contributed by atoms with Gasteiger partial charge in [0.15, 0.2) is 0 Å². The Bertz CT molecular complexity index is 754. The molecule has 0 aliphatic carbocycles. The third-order valence-electron chi connectivity index (χ3n) is 4.37. The van der Waals surface area contributed by atoms with E-state index in [1.807, 2.05) is 18.2 Å². The molecule has 27 heavy (non-hydrogen) atoms. The highest BCUT2D eigenvalue weighted by Gasteiger charge is 2.23. The average Bonchev–Trinajstić information content (AvgIpc) is 2.65. The van der Waals surface area contributed by atoms with Crippen molar-refractivity contribution < 1.29 is 9.53 Å². The van der Waals surface area contributed by atoms with E-state index in [0.717, 1.165) is 31.7 Å². The number of methoxy groups -OCH3 is 1. The molecule has 0 bridgehead atoms. The number of carbonyl (C=O) groups is 1. The zero-order valence-electron chi connectivity index (χ0n) is 14.9. The lowest BCUT2D eigenvalue weighted by Crippen LogP contribution is -2.45. The number of nitrogens with two attached hydrogens (primary N) is 1. The number of benzene rings is 1. The van der Waals surface area contributed by atoms with Crippen LogP contribution in [0.1, 0.15) is 23.2 Å². The Morgan fingerprint density at radius 2 is 2.00 bits per heavy atom. The number of nitrogens with zero attached hydrogens (tertiary/aromatic N) is 2. The Labute approximate surface area is 176 Å². The van der Waals surface area contributed by atoms with Crippen LogP contribution in [0.2, 0.25) is 5.02 Å². The van der Waals surface area contributed by atoms with E-state index >= 15 is 0 Å². The van der Waals surface area contributed by atoms with Gasteiger partial charge in [-0.15, -0.1) is 24.8 Å². The van der Waals surface area contributed by atoms with Gasteiger partial charge in [0.1, 0.15) is 11.6 Å². The second-order valence-electron chi connectivity index (χ2n) is 6.00. The maximum atomic E-state index is 12.6. The van der Waals surface area contributed by atoms with E-state index < -0.39 is 0 Å². The monoisotopic (exact) mass is 432 g/mol. The summed E-state index contributed by atoms with van der Waals surface area (Å²) in [6.07, 6.45) is 3.50. The molecule has 1 fully saturated rings. The van der Waals surface area contributed by atoms with Crippen molar-refractivity contribution in [3.8, 4) is 5.75 Å². The van der Waals surface area contributed by atoms with Crippen molar-refractivity contribution in [2.24, 2.45) is 0 Å². The molecule has 2 aromatic rings. The number of ether oxygens (including phenoxy) is 1. The topological polar surface area (TPSA) is 80.5 Å². The van der Waals surface area contributed by atoms with Crippen LogP contribution in [0.3, 0.4) is 0 Å². The number of amides is 1. The van der Waals surface area contributed by atoms with Gasteiger partial charge in [0.05, 0.1) is 23.4 Å². The molecule has 3 rings (SSSR count). The first-order chi connectivity index (χ1) is 12.1. The van der Waals surface area contributed by atoms with Crippen molar-refractivity contribution in [2.75, 3.05) is 30.8 Å². The summed E-state index contributed by atoms with van der Waals surface area (Å²) in [6, 6.07) is 9.11. The molecule has 0 saturated carbocycles. The summed E-state index contributed by atoms with van der Waals surface area (Å²) in [5.41, 5.74) is 6.55. The lowest BCUT2D eigenvalue weighted by atomic mass is 10.0. The van der Waals surface area contributed by atoms with Gasteiger partial charge in [0, 0.05) is 31.4 Å². The normalized spacial score (nSPS) is 13.9. The number of carbonyl (C=O) groups excluding carboxylic acids is 1. The lowest BCUT2D eigenvalue weighted by Gasteiger charge is -2.33. The summed E-state index contributed by atoms with van der Waals surface area (Å²) in [6.45, 7) is 1.70. The van der Waals surface area contributed by atoms with Crippen LogP contribution in [0.4, 0.5) is 11.5 Å². The Hall–Kier alpha value is -1.89. The van der Waals surface area contributed by atoms with Gasteiger partial charge in [0.2, 0.25) is 0 Å². The summed E-state index contributed by atoms with van der Waals surface area (Å²) in [5.74, 6) is 1.19. The summed E-state index contributed by atoms with van der Waals surface area (Å²) < 4.78 is 5.25. The fourth-order valence-electron chi connectivity index (χ4n) is 2.97. The van der Waals surface area contributed by atoms with Gasteiger partial charge >= 0.3 is 0 Å². The van der Waals surface area contributed by atoms with Gasteiger partial charge in [-0.1, -0.05) is 17.7 Å². The van der Waals surface area contributed by atoms with Crippen molar-refractivity contribution in [3.05, 3.63) is 47.1 Å². The van der Waals surface area contributed by atoms with Crippen molar-refractivity contribution in [1.82, 2.24) is 10.3 Å². The molecule has 0 unspecified atom stereocenters. The molecule has 6 nitrogen and oxygen atoms in total. The summed E-state index contributed by atoms with van der Waals surface area (Å²) in [7, 11) is 1.50. The molecule has 9 heteroatoms. The van der Waals surface area contributed by atoms with Crippen molar-refractivity contribution in [1.29, 1.82) is 0 Å². The van der Waals surface area contributed by atoms with Crippen molar-refractivity contribution in [2.45, 2.75) is 18.9 Å². The zero-order chi connectivity index (χ0) is 17.8. The first-order valence-electron chi connectivity index (χ1n) is 8.18. The minimum absolute atomic E-state index is 0. The first-order valence-corrected chi connectivity index (χ1v) is 8.56. The highest BCUT2D eigenvalue weighted by Crippen LogP contribution is 2.29. The van der Waals surface area contributed by atoms with Crippen molar-refractivity contribution >= 4 is 53.8 Å². The van der Waals surface area contributed by atoms with Gasteiger partial charge in [0.25, 0.3) is 5.91 Å². The van der Waals surface area contributed by atoms with Crippen LogP contribution in [-0.2, 0) is 0 Å². The average molecular weight is 434 g/mol. The molecule has 0 spiro atoms. The highest BCUT2D eigenvalue weighted by atomic mass is 35.5. The number of nitrogens with one attached hydrogen (secondary N) is 1. The number of hydrogen-bond donors (Lipinski definition) is 2. The van der Waals surface area contributed by atoms with E-state index in [4.69, 9.17) is 22.1 Å². The zero-order valence-corrected chi connectivity index (χ0v) is 17.2. The minimum atomic E-state index is -0.199. The number of anilines is 2. The van der Waals surface area contributed by atoms with E-state index in [-0.39, 0.29) is 36.8 Å². The number of piperidine rings is 1. The molecule has 1 aromatic heterocycles. The van der Waals surface area contributed by atoms with E-state index in [1.54, 1.807) is 18.3 Å². The maximum Gasteiger partial charge on any atom is 0.255 e. The van der Waals surface area contributed by atoms with Gasteiger partial charge in [-0.3, -0.25) is 4.79 Å². The van der Waals surface area contributed by atoms with E-state index in [1.165, 1.54) is 7.11 Å². The number of aromatic nitrogens is 1. The largest absolute Gasteiger partial charge is 0.496 e. The standard InChI is InChI=1S/C18H21ClN4O2.2ClH/c1-25-16-11-15(20)14(19)10-13(16)18(24)22-12-5-8-23(9-6-12)17-4-2-3-7-21-17;;/h2-4,7,10-12H,5-6,8-9,20H2,1H3,(H,22,24);2*1H. The fraction of sp³-hybridized carbons (Fsp3) is 0.333. The predicted molar refractivity (Wildman–Crippen MR) is 114 cm³/mol. The molecule has 1 saturated heterocycles. The second-order valence-corrected chi connectivity index (χ2v) is 6.40. The van der Waals surface area contributed by atoms with E-state index in [2.05, 4.69) is 15.2 Å². The van der Waals surface area contributed by atoms with Crippen LogP contribution in [0.5, 0.6) is 5.75 Å². The Morgan fingerprint density at radius 3 is 2.59 bits per heavy atom.